The van der Waals surface area contributed by atoms with E-state index in [2.05, 4.69) is 10.00 Å². The summed E-state index contributed by atoms with van der Waals surface area (Å²) in [5.74, 6) is 1.43. The molecule has 0 atom stereocenters. The Morgan fingerprint density at radius 1 is 1.24 bits per heavy atom. The Morgan fingerprint density at radius 2 is 2.04 bits per heavy atom. The van der Waals surface area contributed by atoms with Crippen molar-refractivity contribution in [1.29, 1.82) is 0 Å². The number of furan rings is 1. The Labute approximate surface area is 161 Å². The summed E-state index contributed by atoms with van der Waals surface area (Å²) in [6, 6.07) is 9.35. The van der Waals surface area contributed by atoms with E-state index in [4.69, 9.17) is 39.8 Å². The van der Waals surface area contributed by atoms with Gasteiger partial charge in [-0.1, -0.05) is 35.3 Å². The van der Waals surface area contributed by atoms with Gasteiger partial charge in [-0.05, 0) is 50.0 Å². The zero-order valence-corrected chi connectivity index (χ0v) is 16.3. The lowest BCUT2D eigenvalue weighted by Gasteiger charge is -2.17. The van der Waals surface area contributed by atoms with Gasteiger partial charge in [0.05, 0.1) is 23.0 Å². The van der Waals surface area contributed by atoms with Crippen LogP contribution in [0, 0.1) is 4.77 Å². The van der Waals surface area contributed by atoms with Gasteiger partial charge in [-0.2, -0.15) is 0 Å². The highest BCUT2D eigenvalue weighted by atomic mass is 35.5. The first-order valence-corrected chi connectivity index (χ1v) is 9.00. The Hall–Kier alpha value is -1.60. The van der Waals surface area contributed by atoms with Crippen LogP contribution in [0.4, 0.5) is 0 Å². The van der Waals surface area contributed by atoms with Crippen molar-refractivity contribution in [3.8, 4) is 11.6 Å². The van der Waals surface area contributed by atoms with Gasteiger partial charge in [0.1, 0.15) is 0 Å². The van der Waals surface area contributed by atoms with E-state index in [1.807, 2.05) is 42.8 Å². The molecule has 0 fully saturated rings. The van der Waals surface area contributed by atoms with Crippen molar-refractivity contribution in [2.75, 3.05) is 7.05 Å². The summed E-state index contributed by atoms with van der Waals surface area (Å²) in [6.07, 6.45) is 1.63. The molecule has 0 radical (unpaired) electrons. The van der Waals surface area contributed by atoms with Crippen LogP contribution >= 0.6 is 35.4 Å². The van der Waals surface area contributed by atoms with Crippen molar-refractivity contribution in [1.82, 2.24) is 19.2 Å². The Bertz CT molecular complexity index is 917. The van der Waals surface area contributed by atoms with Crippen LogP contribution in [0.25, 0.3) is 11.6 Å². The molecule has 2 heterocycles. The monoisotopic (exact) mass is 396 g/mol. The number of rotatable bonds is 6. The second-order valence-electron chi connectivity index (χ2n) is 5.70. The zero-order valence-electron chi connectivity index (χ0n) is 13.9. The first-order chi connectivity index (χ1) is 12.0. The van der Waals surface area contributed by atoms with Gasteiger partial charge >= 0.3 is 0 Å². The van der Waals surface area contributed by atoms with Crippen LogP contribution in [0.5, 0.6) is 0 Å². The second-order valence-corrected chi connectivity index (χ2v) is 6.85. The van der Waals surface area contributed by atoms with Gasteiger partial charge in [-0.25, -0.2) is 4.68 Å². The molecule has 0 saturated carbocycles. The van der Waals surface area contributed by atoms with Crippen LogP contribution in [0.2, 0.25) is 10.0 Å². The quantitative estimate of drug-likeness (QED) is 0.543. The third-order valence-electron chi connectivity index (χ3n) is 3.83. The van der Waals surface area contributed by atoms with Gasteiger partial charge in [0.25, 0.3) is 0 Å². The molecule has 0 bridgehead atoms. The molecule has 0 spiro atoms. The largest absolute Gasteiger partial charge is 0.461 e. The SMILES string of the molecule is CCn1c(-c2ccco2)nn(CN(C)Cc2cccc(Cl)c2Cl)c1=S. The Kier molecular flexibility index (Phi) is 5.64. The fourth-order valence-corrected chi connectivity index (χ4v) is 3.34. The highest BCUT2D eigenvalue weighted by Gasteiger charge is 2.15. The molecular weight excluding hydrogens is 379 g/mol. The number of nitrogens with zero attached hydrogens (tertiary/aromatic N) is 4. The third-order valence-corrected chi connectivity index (χ3v) is 5.12. The maximum atomic E-state index is 6.27. The number of benzene rings is 1. The molecule has 132 valence electrons. The summed E-state index contributed by atoms with van der Waals surface area (Å²) in [5.41, 5.74) is 0.962. The van der Waals surface area contributed by atoms with Gasteiger partial charge in [0.15, 0.2) is 16.4 Å². The highest BCUT2D eigenvalue weighted by Crippen LogP contribution is 2.26. The molecule has 0 aliphatic heterocycles. The van der Waals surface area contributed by atoms with Crippen molar-refractivity contribution in [3.63, 3.8) is 0 Å². The third kappa shape index (κ3) is 3.82. The van der Waals surface area contributed by atoms with Crippen LogP contribution in [0.3, 0.4) is 0 Å². The highest BCUT2D eigenvalue weighted by molar-refractivity contribution is 7.71. The summed E-state index contributed by atoms with van der Waals surface area (Å²) >= 11 is 17.9. The maximum Gasteiger partial charge on any atom is 0.199 e. The van der Waals surface area contributed by atoms with E-state index < -0.39 is 0 Å². The molecule has 0 unspecified atom stereocenters. The first kappa shape index (κ1) is 18.2. The number of hydrogen-bond donors (Lipinski definition) is 0. The molecule has 5 nitrogen and oxygen atoms in total. The summed E-state index contributed by atoms with van der Waals surface area (Å²) in [6.45, 7) is 3.92. The minimum atomic E-state index is 0.530. The predicted octanol–water partition coefficient (Wildman–Crippen LogP) is 5.09. The molecule has 3 aromatic rings. The van der Waals surface area contributed by atoms with E-state index in [9.17, 15) is 0 Å². The molecule has 0 N–H and O–H groups in total. The molecule has 0 amide bonds. The standard InChI is InChI=1S/C17H18Cl2N4OS/c1-3-22-16(14-8-5-9-24-14)20-23(17(22)25)11-21(2)10-12-6-4-7-13(18)15(12)19/h4-9H,3,10-11H2,1-2H3. The van der Waals surface area contributed by atoms with Gasteiger partial charge in [-0.3, -0.25) is 9.47 Å². The number of halogens is 2. The molecule has 8 heteroatoms. The summed E-state index contributed by atoms with van der Waals surface area (Å²) in [7, 11) is 1.98. The lowest BCUT2D eigenvalue weighted by Crippen LogP contribution is -2.22. The molecular formula is C17H18Cl2N4OS. The zero-order chi connectivity index (χ0) is 18.0. The molecule has 3 rings (SSSR count). The Morgan fingerprint density at radius 3 is 2.72 bits per heavy atom. The van der Waals surface area contributed by atoms with E-state index in [-0.39, 0.29) is 0 Å². The lowest BCUT2D eigenvalue weighted by molar-refractivity contribution is 0.244. The van der Waals surface area contributed by atoms with Gasteiger partial charge in [0.2, 0.25) is 0 Å². The molecule has 1 aromatic carbocycles. The van der Waals surface area contributed by atoms with Gasteiger partial charge < -0.3 is 4.42 Å². The fraction of sp³-hybridized carbons (Fsp3) is 0.294. The average Bonchev–Trinajstić information content (AvgIpc) is 3.20. The number of hydrogen-bond acceptors (Lipinski definition) is 4. The van der Waals surface area contributed by atoms with Crippen LogP contribution in [0.1, 0.15) is 12.5 Å². The Balaban J connectivity index is 1.83. The van der Waals surface area contributed by atoms with E-state index in [1.54, 1.807) is 17.0 Å². The summed E-state index contributed by atoms with van der Waals surface area (Å²) in [5, 5.41) is 5.76. The normalized spacial score (nSPS) is 11.4. The fourth-order valence-electron chi connectivity index (χ4n) is 2.65. The van der Waals surface area contributed by atoms with Gasteiger partial charge in [0, 0.05) is 13.1 Å². The minimum absolute atomic E-state index is 0.530. The maximum absolute atomic E-state index is 6.27. The lowest BCUT2D eigenvalue weighted by atomic mass is 10.2. The summed E-state index contributed by atoms with van der Waals surface area (Å²) in [4.78, 5) is 2.08. The van der Waals surface area contributed by atoms with Crippen molar-refractivity contribution >= 4 is 35.4 Å². The summed E-state index contributed by atoms with van der Waals surface area (Å²) < 4.78 is 9.86. The first-order valence-electron chi connectivity index (χ1n) is 7.84. The van der Waals surface area contributed by atoms with Crippen LogP contribution in [-0.4, -0.2) is 26.3 Å². The second kappa shape index (κ2) is 7.74. The topological polar surface area (TPSA) is 39.1 Å². The van der Waals surface area contributed by atoms with Crippen molar-refractivity contribution < 1.29 is 4.42 Å². The van der Waals surface area contributed by atoms with Crippen LogP contribution < -0.4 is 0 Å². The predicted molar refractivity (Wildman–Crippen MR) is 102 cm³/mol. The van der Waals surface area contributed by atoms with E-state index in [0.717, 1.165) is 17.9 Å². The molecule has 0 aliphatic carbocycles. The van der Waals surface area contributed by atoms with E-state index >= 15 is 0 Å². The molecule has 0 saturated heterocycles. The average molecular weight is 397 g/mol. The van der Waals surface area contributed by atoms with E-state index in [1.165, 1.54) is 0 Å². The van der Waals surface area contributed by atoms with Crippen molar-refractivity contribution in [2.45, 2.75) is 26.7 Å². The van der Waals surface area contributed by atoms with Crippen molar-refractivity contribution in [2.24, 2.45) is 0 Å². The molecule has 25 heavy (non-hydrogen) atoms. The van der Waals surface area contributed by atoms with Crippen LogP contribution in [0.15, 0.2) is 41.0 Å². The van der Waals surface area contributed by atoms with Crippen LogP contribution in [-0.2, 0) is 19.8 Å². The smallest absolute Gasteiger partial charge is 0.199 e. The molecule has 0 aliphatic rings. The van der Waals surface area contributed by atoms with Crippen molar-refractivity contribution in [3.05, 3.63) is 57.0 Å². The minimum Gasteiger partial charge on any atom is -0.461 e. The number of aromatic nitrogens is 3. The molecule has 2 aromatic heterocycles. The van der Waals surface area contributed by atoms with E-state index in [0.29, 0.717) is 33.8 Å². The van der Waals surface area contributed by atoms with Gasteiger partial charge in [-0.15, -0.1) is 5.10 Å².